The molecule has 0 spiro atoms. The first-order chi connectivity index (χ1) is 16.5. The molecule has 1 aliphatic heterocycles. The standard InChI is InChI=1S/C26H31N7O.2H2/c1-18-12-22(10-11-28-18)30-23-15-29-25(13-21(23)14-27)32-26(34)31-24-17-33(2)16-20(24)9-8-19-6-4-3-5-7-19;;/h3-7,10-15,20,24,27H,8-9,16-17H2,1-2H3,(H,28,30)(H2,29,31,32,34);2*1H/t20-,24-;;/m0../s1. The van der Waals surface area contributed by atoms with E-state index in [9.17, 15) is 4.79 Å². The summed E-state index contributed by atoms with van der Waals surface area (Å²) in [4.78, 5) is 23.6. The molecule has 2 atom stereocenters. The smallest absolute Gasteiger partial charge is 0.320 e. The average Bonchev–Trinajstić information content (AvgIpc) is 3.18. The molecular formula is C26H35N7O. The second-order valence-electron chi connectivity index (χ2n) is 8.82. The van der Waals surface area contributed by atoms with Gasteiger partial charge in [0.15, 0.2) is 0 Å². The van der Waals surface area contributed by atoms with Crippen LogP contribution in [0.1, 0.15) is 26.1 Å². The minimum atomic E-state index is -0.279. The van der Waals surface area contributed by atoms with E-state index in [4.69, 9.17) is 5.41 Å². The molecule has 4 rings (SSSR count). The third-order valence-corrected chi connectivity index (χ3v) is 6.10. The van der Waals surface area contributed by atoms with Gasteiger partial charge < -0.3 is 20.9 Å². The molecule has 1 aromatic carbocycles. The number of hydrogen-bond acceptors (Lipinski definition) is 6. The summed E-state index contributed by atoms with van der Waals surface area (Å²) in [5.74, 6) is 0.788. The number of rotatable bonds is 8. The van der Waals surface area contributed by atoms with Crippen LogP contribution in [-0.2, 0) is 6.42 Å². The number of nitrogens with zero attached hydrogens (tertiary/aromatic N) is 3. The number of aryl methyl sites for hydroxylation is 2. The molecule has 1 aliphatic rings. The van der Waals surface area contributed by atoms with Crippen molar-refractivity contribution in [3.63, 3.8) is 0 Å². The number of carbonyl (C=O) groups excluding carboxylic acids is 1. The van der Waals surface area contributed by atoms with Crippen molar-refractivity contribution in [2.45, 2.75) is 25.8 Å². The predicted octanol–water partition coefficient (Wildman–Crippen LogP) is 4.70. The summed E-state index contributed by atoms with van der Waals surface area (Å²) >= 11 is 0. The molecule has 0 saturated carbocycles. The van der Waals surface area contributed by atoms with Crippen LogP contribution < -0.4 is 16.0 Å². The van der Waals surface area contributed by atoms with E-state index in [2.05, 4.69) is 62.1 Å². The second kappa shape index (κ2) is 10.9. The Morgan fingerprint density at radius 3 is 2.79 bits per heavy atom. The van der Waals surface area contributed by atoms with Crippen molar-refractivity contribution in [3.05, 3.63) is 77.7 Å². The Bertz CT molecular complexity index is 1150. The maximum Gasteiger partial charge on any atom is 0.320 e. The number of carbonyl (C=O) groups is 1. The maximum absolute atomic E-state index is 12.7. The lowest BCUT2D eigenvalue weighted by Gasteiger charge is -2.20. The summed E-state index contributed by atoms with van der Waals surface area (Å²) in [6, 6.07) is 15.7. The molecule has 3 aromatic rings. The Balaban J connectivity index is 0.00000228. The van der Waals surface area contributed by atoms with E-state index in [0.717, 1.165) is 37.3 Å². The van der Waals surface area contributed by atoms with Gasteiger partial charge in [0, 0.05) is 51.3 Å². The van der Waals surface area contributed by atoms with Crippen molar-refractivity contribution in [2.75, 3.05) is 30.8 Å². The van der Waals surface area contributed by atoms with E-state index in [0.29, 0.717) is 23.0 Å². The van der Waals surface area contributed by atoms with Gasteiger partial charge >= 0.3 is 6.03 Å². The first-order valence-corrected chi connectivity index (χ1v) is 11.5. The first kappa shape index (κ1) is 23.4. The molecule has 180 valence electrons. The van der Waals surface area contributed by atoms with Gasteiger partial charge in [0.05, 0.1) is 11.9 Å². The van der Waals surface area contributed by atoms with E-state index in [1.807, 2.05) is 25.1 Å². The molecule has 0 unspecified atom stereocenters. The van der Waals surface area contributed by atoms with Gasteiger partial charge in [-0.1, -0.05) is 30.3 Å². The van der Waals surface area contributed by atoms with Crippen LogP contribution in [0.2, 0.25) is 0 Å². The highest BCUT2D eigenvalue weighted by molar-refractivity contribution is 5.92. The number of hydrogen-bond donors (Lipinski definition) is 4. The van der Waals surface area contributed by atoms with Crippen molar-refractivity contribution in [1.82, 2.24) is 20.2 Å². The van der Waals surface area contributed by atoms with Gasteiger partial charge in [-0.05, 0) is 56.5 Å². The quantitative estimate of drug-likeness (QED) is 0.364. The van der Waals surface area contributed by atoms with Crippen molar-refractivity contribution in [2.24, 2.45) is 5.92 Å². The number of nitrogens with one attached hydrogen (secondary N) is 4. The highest BCUT2D eigenvalue weighted by Crippen LogP contribution is 2.23. The molecular weight excluding hydrogens is 426 g/mol. The van der Waals surface area contributed by atoms with Crippen LogP contribution >= 0.6 is 0 Å². The largest absolute Gasteiger partial charge is 0.354 e. The predicted molar refractivity (Wildman–Crippen MR) is 140 cm³/mol. The number of pyridine rings is 2. The van der Waals surface area contributed by atoms with Crippen LogP contribution in [0, 0.1) is 18.3 Å². The molecule has 2 aromatic heterocycles. The van der Waals surface area contributed by atoms with Crippen LogP contribution in [0.25, 0.3) is 0 Å². The monoisotopic (exact) mass is 461 g/mol. The maximum atomic E-state index is 12.7. The lowest BCUT2D eigenvalue weighted by molar-refractivity contribution is 0.245. The van der Waals surface area contributed by atoms with Gasteiger partial charge in [0.2, 0.25) is 0 Å². The minimum absolute atomic E-state index is 0. The Morgan fingerprint density at radius 2 is 2.03 bits per heavy atom. The van der Waals surface area contributed by atoms with Crippen molar-refractivity contribution in [3.8, 4) is 0 Å². The summed E-state index contributed by atoms with van der Waals surface area (Å²) in [7, 11) is 2.09. The molecule has 4 N–H and O–H groups in total. The first-order valence-electron chi connectivity index (χ1n) is 11.5. The zero-order chi connectivity index (χ0) is 23.9. The number of likely N-dealkylation sites (N-methyl/N-ethyl adjacent to an activating group) is 1. The Hall–Kier alpha value is -3.78. The van der Waals surface area contributed by atoms with Gasteiger partial charge in [-0.15, -0.1) is 0 Å². The molecule has 0 aliphatic carbocycles. The van der Waals surface area contributed by atoms with Gasteiger partial charge in [0.1, 0.15) is 5.82 Å². The van der Waals surface area contributed by atoms with Gasteiger partial charge in [0.25, 0.3) is 0 Å². The molecule has 1 saturated heterocycles. The lowest BCUT2D eigenvalue weighted by atomic mass is 9.95. The average molecular weight is 462 g/mol. The molecule has 34 heavy (non-hydrogen) atoms. The Morgan fingerprint density at radius 1 is 1.21 bits per heavy atom. The molecule has 3 heterocycles. The zero-order valence-corrected chi connectivity index (χ0v) is 19.6. The molecule has 0 bridgehead atoms. The topological polar surface area (TPSA) is 106 Å². The third-order valence-electron chi connectivity index (χ3n) is 6.10. The fraction of sp³-hybridized carbons (Fsp3) is 0.308. The molecule has 1 fully saturated rings. The SMILES string of the molecule is Cc1cc(Nc2cnc(NC(=O)N[C@H]3CN(C)C[C@@H]3CCc3ccccc3)cc2C=N)ccn1.[HH].[HH]. The summed E-state index contributed by atoms with van der Waals surface area (Å²) in [6.07, 6.45) is 6.60. The molecule has 8 heteroatoms. The molecule has 8 nitrogen and oxygen atoms in total. The molecule has 2 amide bonds. The summed E-state index contributed by atoms with van der Waals surface area (Å²) in [6.45, 7) is 3.70. The summed E-state index contributed by atoms with van der Waals surface area (Å²) in [5.41, 5.74) is 4.39. The fourth-order valence-corrected chi connectivity index (χ4v) is 4.40. The number of likely N-dealkylation sites (tertiary alicyclic amines) is 1. The van der Waals surface area contributed by atoms with Crippen LogP contribution in [0.4, 0.5) is 22.0 Å². The minimum Gasteiger partial charge on any atom is -0.354 e. The van der Waals surface area contributed by atoms with Crippen LogP contribution in [0.3, 0.4) is 0 Å². The fourth-order valence-electron chi connectivity index (χ4n) is 4.40. The van der Waals surface area contributed by atoms with Crippen molar-refractivity contribution < 1.29 is 7.65 Å². The molecule has 0 radical (unpaired) electrons. The number of amides is 2. The Labute approximate surface area is 203 Å². The zero-order valence-electron chi connectivity index (χ0n) is 19.6. The van der Waals surface area contributed by atoms with Crippen LogP contribution in [-0.4, -0.2) is 53.3 Å². The highest BCUT2D eigenvalue weighted by Gasteiger charge is 2.31. The van der Waals surface area contributed by atoms with Crippen molar-refractivity contribution >= 4 is 29.4 Å². The van der Waals surface area contributed by atoms with E-state index >= 15 is 0 Å². The number of urea groups is 1. The Kier molecular flexibility index (Phi) is 7.49. The van der Waals surface area contributed by atoms with Crippen LogP contribution in [0.5, 0.6) is 0 Å². The van der Waals surface area contributed by atoms with Gasteiger partial charge in [-0.2, -0.15) is 0 Å². The normalized spacial score (nSPS) is 17.8. The van der Waals surface area contributed by atoms with Crippen molar-refractivity contribution in [1.29, 1.82) is 5.41 Å². The number of aromatic nitrogens is 2. The van der Waals surface area contributed by atoms with E-state index in [-0.39, 0.29) is 14.9 Å². The van der Waals surface area contributed by atoms with Gasteiger partial charge in [-0.3, -0.25) is 10.3 Å². The number of anilines is 3. The summed E-state index contributed by atoms with van der Waals surface area (Å²) in [5, 5.41) is 17.0. The lowest BCUT2D eigenvalue weighted by Crippen LogP contribution is -2.43. The van der Waals surface area contributed by atoms with E-state index < -0.39 is 0 Å². The van der Waals surface area contributed by atoms with Crippen LogP contribution in [0.15, 0.2) is 60.9 Å². The third kappa shape index (κ3) is 6.17. The summed E-state index contributed by atoms with van der Waals surface area (Å²) < 4.78 is 0. The second-order valence-corrected chi connectivity index (χ2v) is 8.82. The van der Waals surface area contributed by atoms with E-state index in [1.165, 1.54) is 11.8 Å². The van der Waals surface area contributed by atoms with Gasteiger partial charge in [-0.25, -0.2) is 9.78 Å². The van der Waals surface area contributed by atoms with E-state index in [1.54, 1.807) is 18.5 Å². The number of benzene rings is 1. The highest BCUT2D eigenvalue weighted by atomic mass is 16.2.